The number of aromatic amines is 3. The highest BCUT2D eigenvalue weighted by Gasteiger charge is 2.58. The van der Waals surface area contributed by atoms with E-state index in [0.29, 0.717) is 34.1 Å². The second-order valence-corrected chi connectivity index (χ2v) is 7.59. The van der Waals surface area contributed by atoms with Gasteiger partial charge in [-0.2, -0.15) is 5.10 Å². The van der Waals surface area contributed by atoms with Crippen molar-refractivity contribution in [1.82, 2.24) is 20.2 Å². The smallest absolute Gasteiger partial charge is 0.327 e. The van der Waals surface area contributed by atoms with Crippen molar-refractivity contribution >= 4 is 23.2 Å². The molecule has 0 bridgehead atoms. The SMILES string of the molecule is COc1ccc2c(c1)C1(C(=O)N2)c2c(n[nH]c2-c2ccccc2)Nc2[nH]c(=O)[nH]c(=O)c21. The van der Waals surface area contributed by atoms with Gasteiger partial charge in [0.2, 0.25) is 5.91 Å². The third-order valence-corrected chi connectivity index (χ3v) is 5.98. The molecular weight excluding hydrogens is 412 g/mol. The number of ether oxygens (including phenoxy) is 1. The van der Waals surface area contributed by atoms with E-state index in [0.717, 1.165) is 5.56 Å². The number of anilines is 3. The molecule has 1 spiro atoms. The summed E-state index contributed by atoms with van der Waals surface area (Å²) in [5, 5.41) is 13.3. The van der Waals surface area contributed by atoms with Crippen LogP contribution in [0.5, 0.6) is 5.75 Å². The third-order valence-electron chi connectivity index (χ3n) is 5.98. The van der Waals surface area contributed by atoms with Gasteiger partial charge in [0.25, 0.3) is 5.56 Å². The molecule has 1 amide bonds. The van der Waals surface area contributed by atoms with Crippen LogP contribution in [0.2, 0.25) is 0 Å². The van der Waals surface area contributed by atoms with Gasteiger partial charge in [0.05, 0.1) is 18.4 Å². The van der Waals surface area contributed by atoms with Crippen LogP contribution in [-0.2, 0) is 10.2 Å². The van der Waals surface area contributed by atoms with Crippen LogP contribution in [-0.4, -0.2) is 33.2 Å². The summed E-state index contributed by atoms with van der Waals surface area (Å²) in [5.74, 6) is 0.541. The highest BCUT2D eigenvalue weighted by Crippen LogP contribution is 2.55. The molecular formula is C22H16N6O4. The number of hydrogen-bond donors (Lipinski definition) is 5. The molecule has 2 aliphatic heterocycles. The normalized spacial score (nSPS) is 17.8. The Hall–Kier alpha value is -4.60. The summed E-state index contributed by atoms with van der Waals surface area (Å²) in [7, 11) is 1.53. The first kappa shape index (κ1) is 18.2. The van der Waals surface area contributed by atoms with Crippen molar-refractivity contribution in [2.75, 3.05) is 17.7 Å². The second kappa shape index (κ2) is 6.20. The lowest BCUT2D eigenvalue weighted by Gasteiger charge is -2.33. The zero-order valence-corrected chi connectivity index (χ0v) is 16.7. The molecule has 1 unspecified atom stereocenters. The molecule has 0 saturated heterocycles. The van der Waals surface area contributed by atoms with E-state index in [4.69, 9.17) is 4.74 Å². The molecule has 10 nitrogen and oxygen atoms in total. The highest BCUT2D eigenvalue weighted by molar-refractivity contribution is 6.14. The molecule has 2 aliphatic rings. The third kappa shape index (κ3) is 2.17. The lowest BCUT2D eigenvalue weighted by molar-refractivity contribution is -0.118. The quantitative estimate of drug-likeness (QED) is 0.329. The molecule has 1 atom stereocenters. The maximum absolute atomic E-state index is 13.8. The summed E-state index contributed by atoms with van der Waals surface area (Å²) in [6.45, 7) is 0. The largest absolute Gasteiger partial charge is 0.497 e. The topological polar surface area (TPSA) is 145 Å². The Kier molecular flexibility index (Phi) is 3.53. The van der Waals surface area contributed by atoms with Crippen LogP contribution in [0.4, 0.5) is 17.3 Å². The van der Waals surface area contributed by atoms with Gasteiger partial charge >= 0.3 is 5.69 Å². The molecule has 10 heteroatoms. The van der Waals surface area contributed by atoms with Gasteiger partial charge in [0.15, 0.2) is 5.82 Å². The van der Waals surface area contributed by atoms with Crippen molar-refractivity contribution in [2.24, 2.45) is 0 Å². The van der Waals surface area contributed by atoms with Gasteiger partial charge in [0, 0.05) is 16.8 Å². The Labute approximate surface area is 179 Å². The van der Waals surface area contributed by atoms with Gasteiger partial charge in [-0.25, -0.2) is 4.79 Å². The maximum atomic E-state index is 13.8. The van der Waals surface area contributed by atoms with Gasteiger partial charge in [-0.05, 0) is 23.8 Å². The van der Waals surface area contributed by atoms with Crippen molar-refractivity contribution < 1.29 is 9.53 Å². The van der Waals surface area contributed by atoms with Gasteiger partial charge in [-0.1, -0.05) is 30.3 Å². The minimum atomic E-state index is -1.57. The molecule has 32 heavy (non-hydrogen) atoms. The van der Waals surface area contributed by atoms with Gasteiger partial charge in [-0.15, -0.1) is 0 Å². The average Bonchev–Trinajstić information content (AvgIpc) is 3.33. The Morgan fingerprint density at radius 3 is 2.53 bits per heavy atom. The molecule has 2 aromatic carbocycles. The predicted octanol–water partition coefficient (Wildman–Crippen LogP) is 1.81. The molecule has 2 aromatic heterocycles. The first-order chi connectivity index (χ1) is 15.5. The number of nitrogens with one attached hydrogen (secondary N) is 5. The molecule has 0 radical (unpaired) electrons. The zero-order valence-electron chi connectivity index (χ0n) is 16.7. The Balaban J connectivity index is 1.79. The molecule has 158 valence electrons. The fourth-order valence-electron chi connectivity index (χ4n) is 4.70. The molecule has 5 N–H and O–H groups in total. The molecule has 6 rings (SSSR count). The van der Waals surface area contributed by atoms with E-state index in [1.54, 1.807) is 18.2 Å². The van der Waals surface area contributed by atoms with Crippen molar-refractivity contribution in [1.29, 1.82) is 0 Å². The monoisotopic (exact) mass is 428 g/mol. The maximum Gasteiger partial charge on any atom is 0.327 e. The first-order valence-corrected chi connectivity index (χ1v) is 9.82. The van der Waals surface area contributed by atoms with Crippen LogP contribution >= 0.6 is 0 Å². The summed E-state index contributed by atoms with van der Waals surface area (Å²) in [5.41, 5.74) is 0.0608. The van der Waals surface area contributed by atoms with E-state index in [9.17, 15) is 14.4 Å². The zero-order chi connectivity index (χ0) is 22.0. The second-order valence-electron chi connectivity index (χ2n) is 7.59. The Morgan fingerprint density at radius 1 is 0.938 bits per heavy atom. The van der Waals surface area contributed by atoms with Crippen molar-refractivity contribution in [2.45, 2.75) is 5.41 Å². The van der Waals surface area contributed by atoms with Gasteiger partial charge < -0.3 is 15.4 Å². The predicted molar refractivity (Wildman–Crippen MR) is 116 cm³/mol. The number of amides is 1. The molecule has 4 heterocycles. The van der Waals surface area contributed by atoms with E-state index < -0.39 is 22.6 Å². The van der Waals surface area contributed by atoms with Crippen LogP contribution in [0.1, 0.15) is 16.7 Å². The van der Waals surface area contributed by atoms with E-state index in [2.05, 4.69) is 30.8 Å². The van der Waals surface area contributed by atoms with Crippen molar-refractivity contribution in [3.8, 4) is 17.0 Å². The summed E-state index contributed by atoms with van der Waals surface area (Å²) in [6.07, 6.45) is 0. The number of hydrogen-bond acceptors (Lipinski definition) is 6. The standard InChI is InChI=1S/C22H16N6O4/c1-32-11-7-8-13-12(9-11)22(20(30)23-13)14-16(10-5-3-2-4-6-10)27-28-18(14)24-17-15(22)19(29)26-21(31)25-17/h2-9H,1H3,(H,23,30)(H4,24,25,26,27,28,29,31). The summed E-state index contributed by atoms with van der Waals surface area (Å²) in [6, 6.07) is 14.6. The highest BCUT2D eigenvalue weighted by atomic mass is 16.5. The van der Waals surface area contributed by atoms with Gasteiger partial charge in [-0.3, -0.25) is 24.7 Å². The van der Waals surface area contributed by atoms with Crippen molar-refractivity contribution in [3.05, 3.63) is 86.1 Å². The number of carbonyl (C=O) groups is 1. The number of aromatic nitrogens is 4. The fourth-order valence-corrected chi connectivity index (χ4v) is 4.70. The van der Waals surface area contributed by atoms with Crippen LogP contribution in [0.25, 0.3) is 11.3 Å². The fraction of sp³-hybridized carbons (Fsp3) is 0.0909. The Morgan fingerprint density at radius 2 is 1.75 bits per heavy atom. The number of carbonyl (C=O) groups excluding carboxylic acids is 1. The van der Waals surface area contributed by atoms with Crippen LogP contribution in [0, 0.1) is 0 Å². The van der Waals surface area contributed by atoms with Crippen molar-refractivity contribution in [3.63, 3.8) is 0 Å². The Bertz CT molecular complexity index is 1530. The number of rotatable bonds is 2. The number of H-pyrrole nitrogens is 3. The van der Waals surface area contributed by atoms with E-state index in [1.165, 1.54) is 7.11 Å². The molecule has 0 saturated carbocycles. The summed E-state index contributed by atoms with van der Waals surface area (Å²) in [4.78, 5) is 43.9. The summed E-state index contributed by atoms with van der Waals surface area (Å²) >= 11 is 0. The van der Waals surface area contributed by atoms with Crippen LogP contribution in [0.3, 0.4) is 0 Å². The van der Waals surface area contributed by atoms with Crippen LogP contribution in [0.15, 0.2) is 58.1 Å². The lowest BCUT2D eigenvalue weighted by atomic mass is 9.68. The summed E-state index contributed by atoms with van der Waals surface area (Å²) < 4.78 is 5.41. The number of methoxy groups -OCH3 is 1. The van der Waals surface area contributed by atoms with E-state index in [-0.39, 0.29) is 11.4 Å². The first-order valence-electron chi connectivity index (χ1n) is 9.82. The number of fused-ring (bicyclic) bond motifs is 6. The van der Waals surface area contributed by atoms with Gasteiger partial charge in [0.1, 0.15) is 17.0 Å². The van der Waals surface area contributed by atoms with E-state index in [1.807, 2.05) is 30.3 Å². The van der Waals surface area contributed by atoms with E-state index >= 15 is 0 Å². The molecule has 4 aromatic rings. The molecule has 0 aliphatic carbocycles. The lowest BCUT2D eigenvalue weighted by Crippen LogP contribution is -2.46. The minimum Gasteiger partial charge on any atom is -0.497 e. The number of nitrogens with zero attached hydrogens (tertiary/aromatic N) is 1. The number of benzene rings is 2. The van der Waals surface area contributed by atoms with Crippen LogP contribution < -0.4 is 26.6 Å². The minimum absolute atomic E-state index is 0.0766. The molecule has 0 fully saturated rings. The average molecular weight is 428 g/mol.